The molecule has 3 N–H and O–H groups in total. The summed E-state index contributed by atoms with van der Waals surface area (Å²) in [5, 5.41) is 3.21. The van der Waals surface area contributed by atoms with Gasteiger partial charge in [-0.25, -0.2) is 4.98 Å². The van der Waals surface area contributed by atoms with Gasteiger partial charge in [-0.2, -0.15) is 0 Å². The summed E-state index contributed by atoms with van der Waals surface area (Å²) in [6, 6.07) is 5.59. The van der Waals surface area contributed by atoms with Crippen molar-refractivity contribution in [3.63, 3.8) is 0 Å². The third kappa shape index (κ3) is 5.60. The van der Waals surface area contributed by atoms with E-state index in [0.717, 1.165) is 38.4 Å². The first-order valence-corrected chi connectivity index (χ1v) is 6.23. The van der Waals surface area contributed by atoms with Crippen LogP contribution in [0.4, 0.5) is 5.82 Å². The number of pyridine rings is 1. The first kappa shape index (κ1) is 13.9. The van der Waals surface area contributed by atoms with E-state index in [2.05, 4.69) is 17.2 Å². The SMILES string of the molecule is CCCOCCCNc1cccc(C(N)=S)n1. The van der Waals surface area contributed by atoms with E-state index in [0.29, 0.717) is 10.7 Å². The maximum atomic E-state index is 5.51. The maximum Gasteiger partial charge on any atom is 0.126 e. The molecule has 17 heavy (non-hydrogen) atoms. The molecule has 94 valence electrons. The van der Waals surface area contributed by atoms with E-state index in [4.69, 9.17) is 22.7 Å². The molecule has 0 aliphatic rings. The van der Waals surface area contributed by atoms with Gasteiger partial charge in [-0.05, 0) is 25.0 Å². The van der Waals surface area contributed by atoms with Crippen molar-refractivity contribution in [1.29, 1.82) is 0 Å². The van der Waals surface area contributed by atoms with Crippen molar-refractivity contribution in [3.05, 3.63) is 23.9 Å². The average Bonchev–Trinajstić information content (AvgIpc) is 2.34. The van der Waals surface area contributed by atoms with Gasteiger partial charge in [0.25, 0.3) is 0 Å². The average molecular weight is 253 g/mol. The monoisotopic (exact) mass is 253 g/mol. The van der Waals surface area contributed by atoms with Crippen LogP contribution in [-0.2, 0) is 4.74 Å². The molecule has 0 aliphatic heterocycles. The van der Waals surface area contributed by atoms with Crippen LogP contribution in [0.25, 0.3) is 0 Å². The van der Waals surface area contributed by atoms with Crippen LogP contribution in [0.2, 0.25) is 0 Å². The van der Waals surface area contributed by atoms with Crippen LogP contribution in [0.3, 0.4) is 0 Å². The summed E-state index contributed by atoms with van der Waals surface area (Å²) in [6.45, 7) is 4.53. The van der Waals surface area contributed by atoms with Gasteiger partial charge in [0.2, 0.25) is 0 Å². The van der Waals surface area contributed by atoms with Crippen LogP contribution in [0.5, 0.6) is 0 Å². The number of rotatable bonds is 8. The van der Waals surface area contributed by atoms with Gasteiger partial charge in [-0.3, -0.25) is 0 Å². The van der Waals surface area contributed by atoms with Crippen molar-refractivity contribution in [1.82, 2.24) is 4.98 Å². The number of nitrogens with two attached hydrogens (primary N) is 1. The Morgan fingerprint density at radius 3 is 3.00 bits per heavy atom. The highest BCUT2D eigenvalue weighted by atomic mass is 32.1. The van der Waals surface area contributed by atoms with Gasteiger partial charge >= 0.3 is 0 Å². The third-order valence-corrected chi connectivity index (χ3v) is 2.33. The number of hydrogen-bond donors (Lipinski definition) is 2. The van der Waals surface area contributed by atoms with Crippen molar-refractivity contribution in [3.8, 4) is 0 Å². The molecule has 1 aromatic rings. The number of anilines is 1. The summed E-state index contributed by atoms with van der Waals surface area (Å²) in [7, 11) is 0. The largest absolute Gasteiger partial charge is 0.388 e. The molecule has 1 heterocycles. The molecule has 0 saturated heterocycles. The Bertz CT molecular complexity index is 357. The lowest BCUT2D eigenvalue weighted by atomic mass is 10.3. The Morgan fingerprint density at radius 2 is 2.29 bits per heavy atom. The summed E-state index contributed by atoms with van der Waals surface area (Å²) in [6.07, 6.45) is 2.02. The first-order valence-electron chi connectivity index (χ1n) is 5.82. The Morgan fingerprint density at radius 1 is 1.47 bits per heavy atom. The topological polar surface area (TPSA) is 60.2 Å². The molecular weight excluding hydrogens is 234 g/mol. The fourth-order valence-corrected chi connectivity index (χ4v) is 1.42. The smallest absolute Gasteiger partial charge is 0.126 e. The summed E-state index contributed by atoms with van der Waals surface area (Å²) < 4.78 is 5.38. The summed E-state index contributed by atoms with van der Waals surface area (Å²) >= 11 is 4.87. The Balaban J connectivity index is 2.27. The molecule has 1 rings (SSSR count). The van der Waals surface area contributed by atoms with Crippen molar-refractivity contribution in [2.45, 2.75) is 19.8 Å². The molecule has 0 bridgehead atoms. The minimum Gasteiger partial charge on any atom is -0.388 e. The fourth-order valence-electron chi connectivity index (χ4n) is 1.31. The Kier molecular flexibility index (Phi) is 6.50. The van der Waals surface area contributed by atoms with Gasteiger partial charge in [0, 0.05) is 19.8 Å². The molecule has 0 amide bonds. The lowest BCUT2D eigenvalue weighted by Gasteiger charge is -2.07. The fraction of sp³-hybridized carbons (Fsp3) is 0.500. The second-order valence-corrected chi connectivity index (χ2v) is 4.10. The highest BCUT2D eigenvalue weighted by Crippen LogP contribution is 2.04. The highest BCUT2D eigenvalue weighted by Gasteiger charge is 1.99. The van der Waals surface area contributed by atoms with Gasteiger partial charge in [0.1, 0.15) is 10.8 Å². The highest BCUT2D eigenvalue weighted by molar-refractivity contribution is 7.80. The summed E-state index contributed by atoms with van der Waals surface area (Å²) in [5.74, 6) is 0.797. The Labute approximate surface area is 108 Å². The number of hydrogen-bond acceptors (Lipinski definition) is 4. The summed E-state index contributed by atoms with van der Waals surface area (Å²) in [4.78, 5) is 4.61. The summed E-state index contributed by atoms with van der Waals surface area (Å²) in [5.41, 5.74) is 6.16. The quantitative estimate of drug-likeness (QED) is 0.548. The third-order valence-electron chi connectivity index (χ3n) is 2.12. The number of aromatic nitrogens is 1. The molecule has 5 heteroatoms. The van der Waals surface area contributed by atoms with Crippen LogP contribution >= 0.6 is 12.2 Å². The normalized spacial score (nSPS) is 10.2. The second-order valence-electron chi connectivity index (χ2n) is 3.67. The van der Waals surface area contributed by atoms with Gasteiger partial charge in [0.05, 0.1) is 5.69 Å². The standard InChI is InChI=1S/C12H19N3OS/c1-2-8-16-9-4-7-14-11-6-3-5-10(15-11)12(13)17/h3,5-6H,2,4,7-9H2,1H3,(H2,13,17)(H,14,15). The van der Waals surface area contributed by atoms with Gasteiger partial charge in [-0.1, -0.05) is 25.2 Å². The van der Waals surface area contributed by atoms with E-state index in [1.54, 1.807) is 6.07 Å². The minimum absolute atomic E-state index is 0.319. The van der Waals surface area contributed by atoms with E-state index in [9.17, 15) is 0 Å². The predicted molar refractivity (Wildman–Crippen MR) is 74.3 cm³/mol. The molecule has 4 nitrogen and oxygen atoms in total. The molecule has 0 spiro atoms. The molecule has 0 aromatic carbocycles. The molecule has 1 aromatic heterocycles. The first-order chi connectivity index (χ1) is 8.24. The van der Waals surface area contributed by atoms with E-state index in [1.165, 1.54) is 0 Å². The van der Waals surface area contributed by atoms with Crippen molar-refractivity contribution in [2.24, 2.45) is 5.73 Å². The van der Waals surface area contributed by atoms with E-state index >= 15 is 0 Å². The van der Waals surface area contributed by atoms with Gasteiger partial charge in [0.15, 0.2) is 0 Å². The van der Waals surface area contributed by atoms with Gasteiger partial charge < -0.3 is 15.8 Å². The lowest BCUT2D eigenvalue weighted by molar-refractivity contribution is 0.134. The molecule has 0 saturated carbocycles. The number of nitrogens with zero attached hydrogens (tertiary/aromatic N) is 1. The number of ether oxygens (including phenoxy) is 1. The van der Waals surface area contributed by atoms with Crippen LogP contribution in [0, 0.1) is 0 Å². The molecule has 0 atom stereocenters. The molecule has 0 fully saturated rings. The molecular formula is C12H19N3OS. The zero-order valence-electron chi connectivity index (χ0n) is 10.1. The van der Waals surface area contributed by atoms with E-state index in [1.807, 2.05) is 12.1 Å². The zero-order chi connectivity index (χ0) is 12.5. The van der Waals surface area contributed by atoms with Crippen LogP contribution < -0.4 is 11.1 Å². The van der Waals surface area contributed by atoms with Crippen LogP contribution in [0.1, 0.15) is 25.5 Å². The van der Waals surface area contributed by atoms with E-state index in [-0.39, 0.29) is 0 Å². The molecule has 0 radical (unpaired) electrons. The van der Waals surface area contributed by atoms with Crippen molar-refractivity contribution < 1.29 is 4.74 Å². The van der Waals surface area contributed by atoms with Crippen LogP contribution in [0.15, 0.2) is 18.2 Å². The number of thiocarbonyl (C=S) groups is 1. The van der Waals surface area contributed by atoms with Crippen molar-refractivity contribution >= 4 is 23.0 Å². The Hall–Kier alpha value is -1.20. The molecule has 0 aliphatic carbocycles. The maximum absolute atomic E-state index is 5.51. The van der Waals surface area contributed by atoms with Crippen LogP contribution in [-0.4, -0.2) is 29.7 Å². The zero-order valence-corrected chi connectivity index (χ0v) is 10.9. The second kappa shape index (κ2) is 7.97. The molecule has 0 unspecified atom stereocenters. The minimum atomic E-state index is 0.319. The predicted octanol–water partition coefficient (Wildman–Crippen LogP) is 1.94. The van der Waals surface area contributed by atoms with Gasteiger partial charge in [-0.15, -0.1) is 0 Å². The number of nitrogens with one attached hydrogen (secondary N) is 1. The van der Waals surface area contributed by atoms with Crippen molar-refractivity contribution in [2.75, 3.05) is 25.1 Å². The lowest BCUT2D eigenvalue weighted by Crippen LogP contribution is -2.13. The van der Waals surface area contributed by atoms with E-state index < -0.39 is 0 Å².